The summed E-state index contributed by atoms with van der Waals surface area (Å²) in [6, 6.07) is 0. The molecule has 0 aromatic heterocycles. The highest BCUT2D eigenvalue weighted by atomic mass is 79.9. The third-order valence-electron chi connectivity index (χ3n) is 0.223. The fraction of sp³-hybridized carbons (Fsp3) is 0. The second-order valence-corrected chi connectivity index (χ2v) is 4.29. The van der Waals surface area contributed by atoms with Crippen molar-refractivity contribution in [3.05, 3.63) is 9.47 Å². The summed E-state index contributed by atoms with van der Waals surface area (Å²) in [6.07, 6.45) is 1.36. The van der Waals surface area contributed by atoms with Crippen LogP contribution < -0.4 is 0 Å². The van der Waals surface area contributed by atoms with Crippen molar-refractivity contribution in [2.24, 2.45) is 0 Å². The summed E-state index contributed by atoms with van der Waals surface area (Å²) < 4.78 is 0.484. The molecule has 0 amide bonds. The minimum absolute atomic E-state index is 0.156. The summed E-state index contributed by atoms with van der Waals surface area (Å²) in [7, 11) is 0. The van der Waals surface area contributed by atoms with Gasteiger partial charge in [-0.25, -0.2) is 0 Å². The molecule has 0 aliphatic rings. The molecule has 1 nitrogen and oxygen atoms in total. The van der Waals surface area contributed by atoms with Crippen molar-refractivity contribution in [2.45, 2.75) is 0 Å². The molecule has 0 spiro atoms. The van der Waals surface area contributed by atoms with Crippen LogP contribution in [0.1, 0.15) is 0 Å². The predicted octanol–water partition coefficient (Wildman–Crippen LogP) is 2.54. The molecule has 0 aliphatic heterocycles. The summed E-state index contributed by atoms with van der Waals surface area (Å²) in [6.45, 7) is 0. The zero-order valence-electron chi connectivity index (χ0n) is 3.12. The Morgan fingerprint density at radius 1 is 1.29 bits per heavy atom. The van der Waals surface area contributed by atoms with E-state index in [1.54, 1.807) is 0 Å². The van der Waals surface area contributed by atoms with Gasteiger partial charge in [-0.05, 0) is 47.8 Å². The molecule has 0 unspecified atom stereocenters. The second-order valence-electron chi connectivity index (χ2n) is 0.738. The molecule has 0 bridgehead atoms. The number of halogens is 3. The highest BCUT2D eigenvalue weighted by molar-refractivity contribution is 9.28. The van der Waals surface area contributed by atoms with Gasteiger partial charge in [0.05, 0.1) is 3.39 Å². The van der Waals surface area contributed by atoms with Gasteiger partial charge in [0.1, 0.15) is 0 Å². The van der Waals surface area contributed by atoms with E-state index in [4.69, 9.17) is 0 Å². The Hall–Kier alpha value is 0.850. The molecule has 4 heteroatoms. The molecule has 0 aliphatic carbocycles. The molecule has 0 fully saturated rings. The lowest BCUT2D eigenvalue weighted by molar-refractivity contribution is -0.106. The third-order valence-corrected chi connectivity index (χ3v) is 0.909. The zero-order chi connectivity index (χ0) is 5.86. The van der Waals surface area contributed by atoms with Crippen LogP contribution in [0.15, 0.2) is 9.47 Å². The van der Waals surface area contributed by atoms with Crippen LogP contribution in [0.2, 0.25) is 0 Å². The summed E-state index contributed by atoms with van der Waals surface area (Å²) >= 11 is 8.70. The van der Waals surface area contributed by atoms with Gasteiger partial charge in [0.25, 0.3) is 0 Å². The molecule has 0 saturated carbocycles. The highest BCUT2D eigenvalue weighted by Gasteiger charge is 1.86. The second kappa shape index (κ2) is 3.80. The number of carbonyl (C=O) groups is 1. The monoisotopic (exact) mass is 290 g/mol. The number of allylic oxidation sites excluding steroid dienone is 1. The van der Waals surface area contributed by atoms with E-state index >= 15 is 0 Å². The lowest BCUT2D eigenvalue weighted by Crippen LogP contribution is -1.71. The standard InChI is InChI=1S/C3HBr3O/c4-2(5)1-3(6)7/h1H. The van der Waals surface area contributed by atoms with Crippen LogP contribution in [0.3, 0.4) is 0 Å². The molecular formula is C3HBr3O. The number of rotatable bonds is 1. The van der Waals surface area contributed by atoms with Crippen molar-refractivity contribution < 1.29 is 4.79 Å². The molecule has 0 radical (unpaired) electrons. The van der Waals surface area contributed by atoms with Gasteiger partial charge in [0.2, 0.25) is 4.69 Å². The lowest BCUT2D eigenvalue weighted by Gasteiger charge is -1.74. The third kappa shape index (κ3) is 6.85. The van der Waals surface area contributed by atoms with Gasteiger partial charge in [-0.1, -0.05) is 0 Å². The Labute approximate surface area is 66.5 Å². The van der Waals surface area contributed by atoms with Crippen molar-refractivity contribution in [1.82, 2.24) is 0 Å². The first kappa shape index (κ1) is 7.85. The number of carbonyl (C=O) groups excluding carboxylic acids is 1. The summed E-state index contributed by atoms with van der Waals surface area (Å²) in [5.74, 6) is 0. The molecule has 0 rings (SSSR count). The minimum Gasteiger partial charge on any atom is -0.282 e. The van der Waals surface area contributed by atoms with E-state index in [1.165, 1.54) is 6.08 Å². The minimum atomic E-state index is -0.156. The predicted molar refractivity (Wildman–Crippen MR) is 39.9 cm³/mol. The molecule has 40 valence electrons. The van der Waals surface area contributed by atoms with Crippen molar-refractivity contribution in [2.75, 3.05) is 0 Å². The number of hydrogen-bond donors (Lipinski definition) is 0. The Morgan fingerprint density at radius 2 is 1.71 bits per heavy atom. The van der Waals surface area contributed by atoms with Gasteiger partial charge in [-0.2, -0.15) is 0 Å². The SMILES string of the molecule is O=C(Br)C=C(Br)Br. The van der Waals surface area contributed by atoms with Crippen LogP contribution in [0.4, 0.5) is 0 Å². The van der Waals surface area contributed by atoms with Crippen molar-refractivity contribution >= 4 is 52.5 Å². The topological polar surface area (TPSA) is 17.1 Å². The van der Waals surface area contributed by atoms with Gasteiger partial charge < -0.3 is 0 Å². The Morgan fingerprint density at radius 3 is 1.71 bits per heavy atom. The van der Waals surface area contributed by atoms with Crippen LogP contribution >= 0.6 is 47.8 Å². The van der Waals surface area contributed by atoms with Crippen LogP contribution in [0.5, 0.6) is 0 Å². The molecular weight excluding hydrogens is 292 g/mol. The smallest absolute Gasteiger partial charge is 0.222 e. The summed E-state index contributed by atoms with van der Waals surface area (Å²) in [4.78, 5) is 10.0. The van der Waals surface area contributed by atoms with Crippen LogP contribution in [-0.4, -0.2) is 4.69 Å². The molecule has 0 saturated heterocycles. The molecule has 0 heterocycles. The van der Waals surface area contributed by atoms with Crippen molar-refractivity contribution in [1.29, 1.82) is 0 Å². The van der Waals surface area contributed by atoms with Crippen LogP contribution in [-0.2, 0) is 4.79 Å². The van der Waals surface area contributed by atoms with Crippen molar-refractivity contribution in [3.63, 3.8) is 0 Å². The maximum Gasteiger partial charge on any atom is 0.222 e. The van der Waals surface area contributed by atoms with E-state index in [0.29, 0.717) is 3.39 Å². The number of hydrogen-bond acceptors (Lipinski definition) is 1. The van der Waals surface area contributed by atoms with Gasteiger partial charge in [-0.15, -0.1) is 0 Å². The van der Waals surface area contributed by atoms with E-state index in [1.807, 2.05) is 0 Å². The van der Waals surface area contributed by atoms with Crippen LogP contribution in [0.25, 0.3) is 0 Å². The largest absolute Gasteiger partial charge is 0.282 e. The zero-order valence-corrected chi connectivity index (χ0v) is 7.88. The van der Waals surface area contributed by atoms with Crippen molar-refractivity contribution in [3.8, 4) is 0 Å². The highest BCUT2D eigenvalue weighted by Crippen LogP contribution is 2.12. The molecule has 0 atom stereocenters. The van der Waals surface area contributed by atoms with E-state index < -0.39 is 0 Å². The van der Waals surface area contributed by atoms with Crippen LogP contribution in [0, 0.1) is 0 Å². The Bertz CT molecular complexity index is 103. The fourth-order valence-electron chi connectivity index (χ4n) is 0.0858. The average Bonchev–Trinajstić information content (AvgIpc) is 1.27. The summed E-state index contributed by atoms with van der Waals surface area (Å²) in [5, 5.41) is 0. The Kier molecular flexibility index (Phi) is 4.27. The van der Waals surface area contributed by atoms with E-state index in [2.05, 4.69) is 47.8 Å². The molecule has 0 aromatic carbocycles. The maximum absolute atomic E-state index is 10.0. The van der Waals surface area contributed by atoms with E-state index in [9.17, 15) is 4.79 Å². The first-order valence-electron chi connectivity index (χ1n) is 1.35. The molecule has 7 heavy (non-hydrogen) atoms. The van der Waals surface area contributed by atoms with E-state index in [0.717, 1.165) is 0 Å². The van der Waals surface area contributed by atoms with Gasteiger partial charge in [-0.3, -0.25) is 4.79 Å². The lowest BCUT2D eigenvalue weighted by atomic mass is 10.7. The van der Waals surface area contributed by atoms with E-state index in [-0.39, 0.29) is 4.69 Å². The molecule has 0 N–H and O–H groups in total. The fourth-order valence-corrected chi connectivity index (χ4v) is 1.34. The van der Waals surface area contributed by atoms with Gasteiger partial charge in [0.15, 0.2) is 0 Å². The first-order valence-corrected chi connectivity index (χ1v) is 3.73. The summed E-state index contributed by atoms with van der Waals surface area (Å²) in [5.41, 5.74) is 0. The Balaban J connectivity index is 3.68. The first-order chi connectivity index (χ1) is 3.13. The van der Waals surface area contributed by atoms with Gasteiger partial charge in [0, 0.05) is 6.08 Å². The average molecular weight is 293 g/mol. The quantitative estimate of drug-likeness (QED) is 0.536. The van der Waals surface area contributed by atoms with Gasteiger partial charge >= 0.3 is 0 Å². The normalized spacial score (nSPS) is 7.86. The molecule has 0 aromatic rings. The maximum atomic E-state index is 10.0.